The molecule has 136 valence electrons. The number of hydrogen-bond donors (Lipinski definition) is 1. The number of rotatable bonds is 2. The maximum Gasteiger partial charge on any atom is 0.283 e. The van der Waals surface area contributed by atoms with Gasteiger partial charge in [-0.2, -0.15) is 4.99 Å². The maximum absolute atomic E-state index is 12.4. The maximum atomic E-state index is 12.4. The SMILES string of the molecule is Cc1c(Cl)cccc1-n1c(C)cc(C=C2C(=N)N3C=CSC3=NC2=O)c1C. The van der Waals surface area contributed by atoms with Gasteiger partial charge < -0.3 is 4.57 Å². The van der Waals surface area contributed by atoms with E-state index < -0.39 is 0 Å². The first-order valence-corrected chi connectivity index (χ1v) is 9.65. The van der Waals surface area contributed by atoms with Gasteiger partial charge in [0, 0.05) is 28.3 Å². The number of carbonyl (C=O) groups excluding carboxylic acids is 1. The summed E-state index contributed by atoms with van der Waals surface area (Å²) in [7, 11) is 0. The highest BCUT2D eigenvalue weighted by Crippen LogP contribution is 2.30. The Hall–Kier alpha value is -2.57. The van der Waals surface area contributed by atoms with E-state index in [0.717, 1.165) is 28.2 Å². The van der Waals surface area contributed by atoms with Gasteiger partial charge in [0.1, 0.15) is 5.84 Å². The Labute approximate surface area is 166 Å². The molecule has 4 rings (SSSR count). The van der Waals surface area contributed by atoms with Gasteiger partial charge >= 0.3 is 0 Å². The minimum absolute atomic E-state index is 0.148. The molecule has 0 unspecified atom stereocenters. The molecule has 0 atom stereocenters. The Morgan fingerprint density at radius 2 is 2.04 bits per heavy atom. The van der Waals surface area contributed by atoms with Crippen molar-refractivity contribution in [2.75, 3.05) is 0 Å². The summed E-state index contributed by atoms with van der Waals surface area (Å²) in [6, 6.07) is 7.83. The zero-order valence-electron chi connectivity index (χ0n) is 15.1. The number of thioether (sulfide) groups is 1. The summed E-state index contributed by atoms with van der Waals surface area (Å²) in [6.45, 7) is 6.00. The van der Waals surface area contributed by atoms with Crippen molar-refractivity contribution in [1.29, 1.82) is 5.41 Å². The number of amides is 1. The molecule has 2 aromatic rings. The van der Waals surface area contributed by atoms with E-state index in [1.165, 1.54) is 11.8 Å². The van der Waals surface area contributed by atoms with Gasteiger partial charge in [-0.1, -0.05) is 29.4 Å². The number of aromatic nitrogens is 1. The van der Waals surface area contributed by atoms with Gasteiger partial charge in [0.2, 0.25) is 0 Å². The van der Waals surface area contributed by atoms with E-state index in [4.69, 9.17) is 17.0 Å². The highest BCUT2D eigenvalue weighted by atomic mass is 35.5. The molecule has 1 aromatic carbocycles. The molecule has 0 aliphatic carbocycles. The molecule has 0 spiro atoms. The minimum atomic E-state index is -0.383. The largest absolute Gasteiger partial charge is 0.318 e. The Balaban J connectivity index is 1.82. The number of nitrogens with one attached hydrogen (secondary N) is 1. The fraction of sp³-hybridized carbons (Fsp3) is 0.150. The third-order valence-electron chi connectivity index (χ3n) is 4.76. The summed E-state index contributed by atoms with van der Waals surface area (Å²) in [5.41, 5.74) is 5.18. The van der Waals surface area contributed by atoms with Crippen molar-refractivity contribution in [3.8, 4) is 5.69 Å². The molecule has 0 saturated carbocycles. The first-order valence-electron chi connectivity index (χ1n) is 8.39. The Morgan fingerprint density at radius 3 is 2.81 bits per heavy atom. The highest BCUT2D eigenvalue weighted by Gasteiger charge is 2.31. The van der Waals surface area contributed by atoms with Gasteiger partial charge in [-0.05, 0) is 61.6 Å². The fourth-order valence-electron chi connectivity index (χ4n) is 3.33. The summed E-state index contributed by atoms with van der Waals surface area (Å²) in [4.78, 5) is 18.1. The monoisotopic (exact) mass is 396 g/mol. The fourth-order valence-corrected chi connectivity index (χ4v) is 4.20. The van der Waals surface area contributed by atoms with E-state index in [-0.39, 0.29) is 17.3 Å². The van der Waals surface area contributed by atoms with E-state index in [1.54, 1.807) is 17.2 Å². The zero-order chi connectivity index (χ0) is 19.3. The van der Waals surface area contributed by atoms with E-state index >= 15 is 0 Å². The second kappa shape index (κ2) is 6.55. The molecule has 3 heterocycles. The average molecular weight is 397 g/mol. The summed E-state index contributed by atoms with van der Waals surface area (Å²) >= 11 is 7.64. The summed E-state index contributed by atoms with van der Waals surface area (Å²) in [6.07, 6.45) is 3.51. The van der Waals surface area contributed by atoms with Crippen molar-refractivity contribution in [1.82, 2.24) is 9.47 Å². The quantitative estimate of drug-likeness (QED) is 0.739. The van der Waals surface area contributed by atoms with Crippen LogP contribution in [0.25, 0.3) is 11.8 Å². The van der Waals surface area contributed by atoms with Gasteiger partial charge in [-0.3, -0.25) is 15.1 Å². The molecule has 1 amide bonds. The van der Waals surface area contributed by atoms with Gasteiger partial charge in [0.25, 0.3) is 5.91 Å². The lowest BCUT2D eigenvalue weighted by molar-refractivity contribution is -0.114. The van der Waals surface area contributed by atoms with Crippen LogP contribution in [0.1, 0.15) is 22.5 Å². The van der Waals surface area contributed by atoms with Crippen LogP contribution in [0.4, 0.5) is 0 Å². The van der Waals surface area contributed by atoms with Crippen molar-refractivity contribution in [3.05, 3.63) is 69.0 Å². The lowest BCUT2D eigenvalue weighted by Gasteiger charge is -2.22. The molecule has 0 saturated heterocycles. The third kappa shape index (κ3) is 2.85. The number of amidine groups is 2. The van der Waals surface area contributed by atoms with Gasteiger partial charge in [-0.15, -0.1) is 0 Å². The molecule has 2 aliphatic rings. The summed E-state index contributed by atoms with van der Waals surface area (Å²) < 4.78 is 2.12. The average Bonchev–Trinajstić information content (AvgIpc) is 3.19. The summed E-state index contributed by atoms with van der Waals surface area (Å²) in [5.74, 6) is -0.235. The molecular weight excluding hydrogens is 380 g/mol. The second-order valence-electron chi connectivity index (χ2n) is 6.42. The van der Waals surface area contributed by atoms with Gasteiger partial charge in [0.15, 0.2) is 5.17 Å². The standard InChI is InChI=1S/C20H17ClN4OS/c1-11-9-14(13(3)25(11)17-6-4-5-16(21)12(17)2)10-15-18(22)24-7-8-27-20(24)23-19(15)26/h4-10,22H,1-3H3. The third-order valence-corrected chi connectivity index (χ3v) is 5.93. The predicted molar refractivity (Wildman–Crippen MR) is 112 cm³/mol. The second-order valence-corrected chi connectivity index (χ2v) is 7.71. The van der Waals surface area contributed by atoms with Crippen LogP contribution in [-0.2, 0) is 4.79 Å². The van der Waals surface area contributed by atoms with Crippen LogP contribution >= 0.6 is 23.4 Å². The summed E-state index contributed by atoms with van der Waals surface area (Å²) in [5, 5.41) is 11.4. The highest BCUT2D eigenvalue weighted by molar-refractivity contribution is 8.16. The minimum Gasteiger partial charge on any atom is -0.318 e. The molecule has 5 nitrogen and oxygen atoms in total. The number of aliphatic imine (C=N–C) groups is 1. The van der Waals surface area contributed by atoms with Crippen LogP contribution in [0.2, 0.25) is 5.02 Å². The van der Waals surface area contributed by atoms with Crippen LogP contribution in [0.3, 0.4) is 0 Å². The van der Waals surface area contributed by atoms with E-state index in [9.17, 15) is 4.79 Å². The lowest BCUT2D eigenvalue weighted by atomic mass is 10.1. The topological polar surface area (TPSA) is 61.5 Å². The molecule has 7 heteroatoms. The van der Waals surface area contributed by atoms with E-state index in [0.29, 0.717) is 10.2 Å². The predicted octanol–water partition coefficient (Wildman–Crippen LogP) is 4.83. The van der Waals surface area contributed by atoms with E-state index in [1.807, 2.05) is 50.4 Å². The Morgan fingerprint density at radius 1 is 1.26 bits per heavy atom. The van der Waals surface area contributed by atoms with E-state index in [2.05, 4.69) is 9.56 Å². The zero-order valence-corrected chi connectivity index (χ0v) is 16.6. The van der Waals surface area contributed by atoms with Crippen molar-refractivity contribution < 1.29 is 4.79 Å². The molecule has 1 N–H and O–H groups in total. The Kier molecular flexibility index (Phi) is 4.32. The lowest BCUT2D eigenvalue weighted by Crippen LogP contribution is -2.35. The number of halogens is 1. The molecule has 0 radical (unpaired) electrons. The number of benzene rings is 1. The smallest absolute Gasteiger partial charge is 0.283 e. The normalized spacial score (nSPS) is 17.7. The van der Waals surface area contributed by atoms with Crippen LogP contribution in [0.15, 0.2) is 46.4 Å². The molecule has 0 fully saturated rings. The number of aryl methyl sites for hydroxylation is 1. The van der Waals surface area contributed by atoms with Crippen LogP contribution in [-0.4, -0.2) is 26.4 Å². The molecule has 0 bridgehead atoms. The molecule has 1 aromatic heterocycles. The van der Waals surface area contributed by atoms with Gasteiger partial charge in [0.05, 0.1) is 5.57 Å². The molecule has 27 heavy (non-hydrogen) atoms. The van der Waals surface area contributed by atoms with Crippen molar-refractivity contribution in [2.45, 2.75) is 20.8 Å². The van der Waals surface area contributed by atoms with Crippen LogP contribution in [0.5, 0.6) is 0 Å². The number of fused-ring (bicyclic) bond motifs is 1. The number of hydrogen-bond acceptors (Lipinski definition) is 3. The molecular formula is C20H17ClN4OS. The van der Waals surface area contributed by atoms with Crippen molar-refractivity contribution in [3.63, 3.8) is 0 Å². The van der Waals surface area contributed by atoms with Crippen LogP contribution < -0.4 is 0 Å². The molecule has 2 aliphatic heterocycles. The van der Waals surface area contributed by atoms with Crippen LogP contribution in [0, 0.1) is 26.2 Å². The van der Waals surface area contributed by atoms with Gasteiger partial charge in [-0.25, -0.2) is 0 Å². The Bertz CT molecular complexity index is 1090. The first-order chi connectivity index (χ1) is 12.9. The number of carbonyl (C=O) groups is 1. The van der Waals surface area contributed by atoms with Crippen molar-refractivity contribution in [2.24, 2.45) is 4.99 Å². The first kappa shape index (κ1) is 17.8. The van der Waals surface area contributed by atoms with Crippen molar-refractivity contribution >= 4 is 46.3 Å². The number of nitrogens with zero attached hydrogens (tertiary/aromatic N) is 3.